The van der Waals surface area contributed by atoms with Gasteiger partial charge in [0.15, 0.2) is 0 Å². The molecule has 1 N–H and O–H groups in total. The normalized spacial score (nSPS) is 11.1. The number of aromatic carboxylic acids is 1. The second-order valence-corrected chi connectivity index (χ2v) is 8.92. The standard InChI is InChI=1S/C21H16Cl2N2O5S/c1-25(18-5-3-2-4-16(18)21(27)28)20(26)13-6-11-17(23)19(12-13)31(29,30)24-15-9-7-14(22)8-10-15/h2-12,24H,1H3,(H,27,28)/p-1. The summed E-state index contributed by atoms with van der Waals surface area (Å²) in [5.41, 5.74) is 0.185. The zero-order valence-corrected chi connectivity index (χ0v) is 18.3. The van der Waals surface area contributed by atoms with Gasteiger partial charge in [-0.2, -0.15) is 0 Å². The Morgan fingerprint density at radius 1 is 0.968 bits per heavy atom. The van der Waals surface area contributed by atoms with Crippen LogP contribution in [0.25, 0.3) is 0 Å². The van der Waals surface area contributed by atoms with E-state index in [-0.39, 0.29) is 32.4 Å². The highest BCUT2D eigenvalue weighted by Crippen LogP contribution is 2.27. The number of carbonyl (C=O) groups is 2. The molecule has 0 spiro atoms. The first-order valence-electron chi connectivity index (χ1n) is 8.76. The van der Waals surface area contributed by atoms with E-state index in [1.807, 2.05) is 0 Å². The molecule has 3 aromatic carbocycles. The number of nitrogens with zero attached hydrogens (tertiary/aromatic N) is 1. The summed E-state index contributed by atoms with van der Waals surface area (Å²) in [6.07, 6.45) is 0. The Balaban J connectivity index is 1.96. The number of para-hydroxylation sites is 1. The molecule has 160 valence electrons. The molecule has 3 aromatic rings. The van der Waals surface area contributed by atoms with Crippen LogP contribution in [0.2, 0.25) is 10.0 Å². The van der Waals surface area contributed by atoms with Crippen LogP contribution in [0.5, 0.6) is 0 Å². The van der Waals surface area contributed by atoms with E-state index >= 15 is 0 Å². The van der Waals surface area contributed by atoms with E-state index < -0.39 is 21.9 Å². The molecule has 0 aromatic heterocycles. The Morgan fingerprint density at radius 3 is 2.26 bits per heavy atom. The van der Waals surface area contributed by atoms with Gasteiger partial charge in [-0.1, -0.05) is 41.4 Å². The number of anilines is 2. The van der Waals surface area contributed by atoms with Crippen LogP contribution >= 0.6 is 23.2 Å². The quantitative estimate of drug-likeness (QED) is 0.584. The van der Waals surface area contributed by atoms with Crippen LogP contribution in [0.15, 0.2) is 71.6 Å². The van der Waals surface area contributed by atoms with Gasteiger partial charge in [0, 0.05) is 28.9 Å². The van der Waals surface area contributed by atoms with E-state index in [0.717, 1.165) is 11.0 Å². The zero-order chi connectivity index (χ0) is 22.8. The number of hydrogen-bond acceptors (Lipinski definition) is 5. The van der Waals surface area contributed by atoms with Crippen LogP contribution < -0.4 is 14.7 Å². The fraction of sp³-hybridized carbons (Fsp3) is 0.0476. The minimum Gasteiger partial charge on any atom is -0.545 e. The number of carboxylic acids is 1. The maximum Gasteiger partial charge on any atom is 0.263 e. The molecule has 0 fully saturated rings. The van der Waals surface area contributed by atoms with Crippen molar-refractivity contribution < 1.29 is 23.1 Å². The second-order valence-electron chi connectivity index (χ2n) is 6.43. The molecule has 7 nitrogen and oxygen atoms in total. The van der Waals surface area contributed by atoms with Crippen molar-refractivity contribution in [1.29, 1.82) is 0 Å². The number of rotatable bonds is 6. The monoisotopic (exact) mass is 477 g/mol. The molecule has 0 aliphatic rings. The Kier molecular flexibility index (Phi) is 6.54. The Bertz CT molecular complexity index is 1260. The molecule has 0 bridgehead atoms. The maximum absolute atomic E-state index is 12.9. The van der Waals surface area contributed by atoms with Crippen molar-refractivity contribution in [2.75, 3.05) is 16.7 Å². The van der Waals surface area contributed by atoms with Crippen molar-refractivity contribution in [3.05, 3.63) is 87.9 Å². The Hall–Kier alpha value is -3.07. The first kappa shape index (κ1) is 22.6. The lowest BCUT2D eigenvalue weighted by atomic mass is 10.1. The van der Waals surface area contributed by atoms with Crippen LogP contribution in [0.1, 0.15) is 20.7 Å². The summed E-state index contributed by atoms with van der Waals surface area (Å²) in [6, 6.07) is 15.6. The molecule has 0 aliphatic heterocycles. The Labute approximate surface area is 188 Å². The lowest BCUT2D eigenvalue weighted by Crippen LogP contribution is -2.31. The van der Waals surface area contributed by atoms with Crippen LogP contribution in [0.3, 0.4) is 0 Å². The number of hydrogen-bond donors (Lipinski definition) is 1. The number of amides is 1. The molecule has 0 atom stereocenters. The first-order valence-corrected chi connectivity index (χ1v) is 11.0. The average Bonchev–Trinajstić information content (AvgIpc) is 2.74. The minimum absolute atomic E-state index is 0.00321. The van der Waals surface area contributed by atoms with Crippen molar-refractivity contribution in [2.45, 2.75) is 4.90 Å². The summed E-state index contributed by atoms with van der Waals surface area (Å²) < 4.78 is 28.0. The Morgan fingerprint density at radius 2 is 1.61 bits per heavy atom. The topological polar surface area (TPSA) is 107 Å². The summed E-state index contributed by atoms with van der Waals surface area (Å²) in [4.78, 5) is 25.1. The molecule has 0 unspecified atom stereocenters. The highest BCUT2D eigenvalue weighted by Gasteiger charge is 2.23. The number of benzene rings is 3. The number of nitrogens with one attached hydrogen (secondary N) is 1. The molecule has 0 saturated heterocycles. The van der Waals surface area contributed by atoms with Gasteiger partial charge in [-0.3, -0.25) is 9.52 Å². The second kappa shape index (κ2) is 8.97. The van der Waals surface area contributed by atoms with Crippen molar-refractivity contribution >= 4 is 56.5 Å². The molecule has 10 heteroatoms. The highest BCUT2D eigenvalue weighted by atomic mass is 35.5. The number of carboxylic acid groups (broad SMARTS) is 1. The van der Waals surface area contributed by atoms with Gasteiger partial charge in [0.25, 0.3) is 15.9 Å². The lowest BCUT2D eigenvalue weighted by molar-refractivity contribution is -0.254. The van der Waals surface area contributed by atoms with Gasteiger partial charge >= 0.3 is 0 Å². The number of halogens is 2. The van der Waals surface area contributed by atoms with E-state index in [2.05, 4.69) is 4.72 Å². The van der Waals surface area contributed by atoms with Gasteiger partial charge in [-0.15, -0.1) is 0 Å². The van der Waals surface area contributed by atoms with E-state index in [4.69, 9.17) is 23.2 Å². The third-order valence-corrected chi connectivity index (χ3v) is 6.47. The van der Waals surface area contributed by atoms with Gasteiger partial charge in [0.1, 0.15) is 4.90 Å². The number of carbonyl (C=O) groups excluding carboxylic acids is 2. The fourth-order valence-corrected chi connectivity index (χ4v) is 4.52. The average molecular weight is 478 g/mol. The van der Waals surface area contributed by atoms with Crippen LogP contribution in [-0.2, 0) is 10.0 Å². The molecule has 0 radical (unpaired) electrons. The fourth-order valence-electron chi connectivity index (χ4n) is 2.81. The van der Waals surface area contributed by atoms with Gasteiger partial charge in [-0.05, 0) is 48.5 Å². The highest BCUT2D eigenvalue weighted by molar-refractivity contribution is 7.92. The summed E-state index contributed by atoms with van der Waals surface area (Å²) in [6.45, 7) is 0. The third-order valence-electron chi connectivity index (χ3n) is 4.35. The van der Waals surface area contributed by atoms with Gasteiger partial charge in [-0.25, -0.2) is 8.42 Å². The maximum atomic E-state index is 12.9. The SMILES string of the molecule is CN(C(=O)c1ccc(Cl)c(S(=O)(=O)Nc2ccc(Cl)cc2)c1)c1ccccc1C(=O)[O-]. The van der Waals surface area contributed by atoms with E-state index in [1.54, 1.807) is 6.07 Å². The predicted molar refractivity (Wildman–Crippen MR) is 117 cm³/mol. The molecular weight excluding hydrogens is 463 g/mol. The van der Waals surface area contributed by atoms with E-state index in [0.29, 0.717) is 5.02 Å². The van der Waals surface area contributed by atoms with Crippen molar-refractivity contribution in [3.63, 3.8) is 0 Å². The van der Waals surface area contributed by atoms with E-state index in [1.165, 1.54) is 61.6 Å². The van der Waals surface area contributed by atoms with Crippen molar-refractivity contribution in [2.24, 2.45) is 0 Å². The molecule has 31 heavy (non-hydrogen) atoms. The predicted octanol–water partition coefficient (Wildman–Crippen LogP) is 3.43. The zero-order valence-electron chi connectivity index (χ0n) is 16.0. The third kappa shape index (κ3) is 4.99. The summed E-state index contributed by atoms with van der Waals surface area (Å²) in [5.74, 6) is -2.07. The van der Waals surface area contributed by atoms with Crippen LogP contribution in [0.4, 0.5) is 11.4 Å². The van der Waals surface area contributed by atoms with Crippen LogP contribution in [-0.4, -0.2) is 27.3 Å². The molecule has 0 heterocycles. The van der Waals surface area contributed by atoms with Gasteiger partial charge < -0.3 is 14.8 Å². The first-order chi connectivity index (χ1) is 14.6. The molecular formula is C21H15Cl2N2O5S-. The largest absolute Gasteiger partial charge is 0.545 e. The van der Waals surface area contributed by atoms with Gasteiger partial charge in [0.05, 0.1) is 16.7 Å². The summed E-state index contributed by atoms with van der Waals surface area (Å²) in [5, 5.41) is 11.7. The van der Waals surface area contributed by atoms with Crippen molar-refractivity contribution in [1.82, 2.24) is 0 Å². The molecule has 1 amide bonds. The summed E-state index contributed by atoms with van der Waals surface area (Å²) in [7, 11) is -2.75. The molecule has 3 rings (SSSR count). The smallest absolute Gasteiger partial charge is 0.263 e. The number of sulfonamides is 1. The molecule has 0 saturated carbocycles. The minimum atomic E-state index is -4.12. The lowest BCUT2D eigenvalue weighted by Gasteiger charge is -2.21. The van der Waals surface area contributed by atoms with Crippen molar-refractivity contribution in [3.8, 4) is 0 Å². The summed E-state index contributed by atoms with van der Waals surface area (Å²) >= 11 is 11.9. The van der Waals surface area contributed by atoms with E-state index in [9.17, 15) is 23.1 Å². The van der Waals surface area contributed by atoms with Crippen LogP contribution in [0, 0.1) is 0 Å². The molecule has 0 aliphatic carbocycles. The van der Waals surface area contributed by atoms with Gasteiger partial charge in [0.2, 0.25) is 0 Å².